The number of carbonyl (C=O) groups excluding carboxylic acids is 1. The molecule has 6 heteroatoms. The van der Waals surface area contributed by atoms with E-state index >= 15 is 0 Å². The van der Waals surface area contributed by atoms with Crippen LogP contribution in [0.3, 0.4) is 0 Å². The van der Waals surface area contributed by atoms with Gasteiger partial charge in [-0.3, -0.25) is 9.48 Å². The van der Waals surface area contributed by atoms with Crippen LogP contribution in [0.25, 0.3) is 0 Å². The summed E-state index contributed by atoms with van der Waals surface area (Å²) < 4.78 is 15.4. The first kappa shape index (κ1) is 17.2. The zero-order valence-corrected chi connectivity index (χ0v) is 15.1. The zero-order chi connectivity index (χ0) is 18.1. The molecule has 0 spiro atoms. The number of aryl methyl sites for hydroxylation is 1. The number of likely N-dealkylation sites (tertiary alicyclic amines) is 1. The van der Waals surface area contributed by atoms with Gasteiger partial charge in [0, 0.05) is 37.8 Å². The molecule has 0 aliphatic carbocycles. The maximum absolute atomic E-state index is 13.8. The highest BCUT2D eigenvalue weighted by Crippen LogP contribution is 2.36. The van der Waals surface area contributed by atoms with Crippen molar-refractivity contribution in [3.8, 4) is 0 Å². The van der Waals surface area contributed by atoms with E-state index in [1.807, 2.05) is 11.0 Å². The van der Waals surface area contributed by atoms with Gasteiger partial charge in [0.1, 0.15) is 11.5 Å². The summed E-state index contributed by atoms with van der Waals surface area (Å²) in [7, 11) is 1.79. The summed E-state index contributed by atoms with van der Waals surface area (Å²) in [4.78, 5) is 15.2. The first-order valence-corrected chi connectivity index (χ1v) is 9.43. The molecule has 0 bridgehead atoms. The second kappa shape index (κ2) is 7.19. The monoisotopic (exact) mass is 356 g/mol. The van der Waals surface area contributed by atoms with Gasteiger partial charge < -0.3 is 10.2 Å². The van der Waals surface area contributed by atoms with E-state index in [0.717, 1.165) is 31.4 Å². The zero-order valence-electron chi connectivity index (χ0n) is 15.1. The Morgan fingerprint density at radius 3 is 2.92 bits per heavy atom. The highest BCUT2D eigenvalue weighted by Gasteiger charge is 2.44. The Kier molecular flexibility index (Phi) is 4.76. The average Bonchev–Trinajstić information content (AvgIpc) is 3.18. The van der Waals surface area contributed by atoms with Crippen molar-refractivity contribution in [2.24, 2.45) is 7.05 Å². The van der Waals surface area contributed by atoms with Gasteiger partial charge in [-0.05, 0) is 43.1 Å². The summed E-state index contributed by atoms with van der Waals surface area (Å²) in [6, 6.07) is 8.88. The van der Waals surface area contributed by atoms with Gasteiger partial charge in [-0.2, -0.15) is 5.10 Å². The standard InChI is InChI=1S/C20H25FN4O/c1-24-18(9-11-23-24)20(26)25-13-16(14-6-5-7-15(21)12-14)19-17(25)8-3-2-4-10-22-19/h5-7,9,11-12,16-17,19,22H,2-4,8,10,13H2,1H3/t16-,17+,19-/m0/s1. The molecule has 3 atom stereocenters. The lowest BCUT2D eigenvalue weighted by Crippen LogP contribution is -2.47. The van der Waals surface area contributed by atoms with Gasteiger partial charge in [0.2, 0.25) is 0 Å². The largest absolute Gasteiger partial charge is 0.332 e. The molecule has 2 aromatic rings. The minimum Gasteiger partial charge on any atom is -0.332 e. The highest BCUT2D eigenvalue weighted by atomic mass is 19.1. The Bertz CT molecular complexity index is 790. The van der Waals surface area contributed by atoms with E-state index in [1.165, 1.54) is 12.5 Å². The van der Waals surface area contributed by atoms with Crippen molar-refractivity contribution in [1.29, 1.82) is 0 Å². The van der Waals surface area contributed by atoms with Gasteiger partial charge in [-0.1, -0.05) is 25.0 Å². The molecule has 2 fully saturated rings. The van der Waals surface area contributed by atoms with Crippen LogP contribution < -0.4 is 5.32 Å². The SMILES string of the molecule is Cn1nccc1C(=O)N1C[C@@H](c2cccc(F)c2)[C@@H]2NCCCCC[C@H]21. The van der Waals surface area contributed by atoms with Crippen molar-refractivity contribution >= 4 is 5.91 Å². The lowest BCUT2D eigenvalue weighted by molar-refractivity contribution is 0.0702. The van der Waals surface area contributed by atoms with E-state index in [4.69, 9.17) is 0 Å². The van der Waals surface area contributed by atoms with Crippen molar-refractivity contribution in [3.63, 3.8) is 0 Å². The number of nitrogens with one attached hydrogen (secondary N) is 1. The lowest BCUT2D eigenvalue weighted by atomic mass is 9.88. The van der Waals surface area contributed by atoms with Crippen LogP contribution in [0.2, 0.25) is 0 Å². The number of halogens is 1. The van der Waals surface area contributed by atoms with E-state index in [1.54, 1.807) is 36.1 Å². The predicted molar refractivity (Wildman–Crippen MR) is 97.4 cm³/mol. The molecule has 3 heterocycles. The van der Waals surface area contributed by atoms with Crippen LogP contribution in [0.5, 0.6) is 0 Å². The van der Waals surface area contributed by atoms with Crippen LogP contribution in [0, 0.1) is 5.82 Å². The van der Waals surface area contributed by atoms with Gasteiger partial charge in [0.15, 0.2) is 0 Å². The molecule has 0 saturated carbocycles. The molecule has 2 aliphatic rings. The summed E-state index contributed by atoms with van der Waals surface area (Å²) in [6.07, 6.45) is 6.07. The number of amides is 1. The molecular weight excluding hydrogens is 331 g/mol. The second-order valence-electron chi connectivity index (χ2n) is 7.36. The molecule has 5 nitrogen and oxygen atoms in total. The fraction of sp³-hybridized carbons (Fsp3) is 0.500. The maximum atomic E-state index is 13.8. The van der Waals surface area contributed by atoms with Crippen molar-refractivity contribution in [3.05, 3.63) is 53.6 Å². The lowest BCUT2D eigenvalue weighted by Gasteiger charge is -2.31. The molecule has 26 heavy (non-hydrogen) atoms. The quantitative estimate of drug-likeness (QED) is 0.900. The molecule has 1 aromatic heterocycles. The van der Waals surface area contributed by atoms with Gasteiger partial charge >= 0.3 is 0 Å². The number of nitrogens with zero attached hydrogens (tertiary/aromatic N) is 3. The van der Waals surface area contributed by atoms with E-state index in [2.05, 4.69) is 10.4 Å². The Morgan fingerprint density at radius 1 is 1.27 bits per heavy atom. The predicted octanol–water partition coefficient (Wildman–Crippen LogP) is 2.70. The second-order valence-corrected chi connectivity index (χ2v) is 7.36. The first-order valence-electron chi connectivity index (χ1n) is 9.43. The molecule has 138 valence electrons. The third-order valence-corrected chi connectivity index (χ3v) is 5.78. The van der Waals surface area contributed by atoms with Crippen LogP contribution in [-0.2, 0) is 7.05 Å². The number of hydrogen-bond acceptors (Lipinski definition) is 3. The number of rotatable bonds is 2. The van der Waals surface area contributed by atoms with Crippen LogP contribution >= 0.6 is 0 Å². The van der Waals surface area contributed by atoms with E-state index in [-0.39, 0.29) is 29.7 Å². The van der Waals surface area contributed by atoms with Gasteiger partial charge in [-0.15, -0.1) is 0 Å². The van der Waals surface area contributed by atoms with Crippen LogP contribution in [0.1, 0.15) is 47.7 Å². The summed E-state index contributed by atoms with van der Waals surface area (Å²) in [5.41, 5.74) is 1.57. The Morgan fingerprint density at radius 2 is 2.15 bits per heavy atom. The third kappa shape index (κ3) is 3.14. The summed E-state index contributed by atoms with van der Waals surface area (Å²) in [5.74, 6) is -0.103. The molecule has 0 unspecified atom stereocenters. The summed E-state index contributed by atoms with van der Waals surface area (Å²) >= 11 is 0. The molecule has 0 radical (unpaired) electrons. The number of benzene rings is 1. The van der Waals surface area contributed by atoms with Gasteiger partial charge in [-0.25, -0.2) is 4.39 Å². The molecule has 1 amide bonds. The van der Waals surface area contributed by atoms with E-state index in [0.29, 0.717) is 12.2 Å². The molecule has 2 aliphatic heterocycles. The van der Waals surface area contributed by atoms with Crippen molar-refractivity contribution in [2.75, 3.05) is 13.1 Å². The number of fused-ring (bicyclic) bond motifs is 1. The van der Waals surface area contributed by atoms with Crippen LogP contribution in [-0.4, -0.2) is 45.8 Å². The van der Waals surface area contributed by atoms with Crippen molar-refractivity contribution in [1.82, 2.24) is 20.0 Å². The minimum atomic E-state index is -0.221. The maximum Gasteiger partial charge on any atom is 0.272 e. The Balaban J connectivity index is 1.68. The topological polar surface area (TPSA) is 50.2 Å². The van der Waals surface area contributed by atoms with E-state index in [9.17, 15) is 9.18 Å². The fourth-order valence-corrected chi connectivity index (χ4v) is 4.47. The van der Waals surface area contributed by atoms with E-state index < -0.39 is 0 Å². The van der Waals surface area contributed by atoms with Crippen molar-refractivity contribution < 1.29 is 9.18 Å². The molecule has 4 rings (SSSR count). The third-order valence-electron chi connectivity index (χ3n) is 5.78. The van der Waals surface area contributed by atoms with Crippen molar-refractivity contribution in [2.45, 2.75) is 43.7 Å². The van der Waals surface area contributed by atoms with Gasteiger partial charge in [0.05, 0.1) is 0 Å². The van der Waals surface area contributed by atoms with Crippen LogP contribution in [0.4, 0.5) is 4.39 Å². The number of carbonyl (C=O) groups is 1. The number of hydrogen-bond donors (Lipinski definition) is 1. The Labute approximate surface area is 153 Å². The Hall–Kier alpha value is -2.21. The van der Waals surface area contributed by atoms with Crippen LogP contribution in [0.15, 0.2) is 36.5 Å². The normalized spacial score (nSPS) is 26.2. The molecular formula is C20H25FN4O. The molecule has 1 aromatic carbocycles. The first-order chi connectivity index (χ1) is 12.6. The molecule has 2 saturated heterocycles. The highest BCUT2D eigenvalue weighted by molar-refractivity contribution is 5.93. The summed E-state index contributed by atoms with van der Waals surface area (Å²) in [6.45, 7) is 1.55. The summed E-state index contributed by atoms with van der Waals surface area (Å²) in [5, 5.41) is 7.80. The van der Waals surface area contributed by atoms with Gasteiger partial charge in [0.25, 0.3) is 5.91 Å². The molecule has 1 N–H and O–H groups in total. The average molecular weight is 356 g/mol. The number of aromatic nitrogens is 2. The minimum absolute atomic E-state index is 0.0151. The fourth-order valence-electron chi connectivity index (χ4n) is 4.47. The smallest absolute Gasteiger partial charge is 0.272 e.